The Kier molecular flexibility index (Phi) is 2.89. The van der Waals surface area contributed by atoms with Crippen LogP contribution in [0.4, 0.5) is 13.2 Å². The molecule has 1 aromatic rings. The summed E-state index contributed by atoms with van der Waals surface area (Å²) in [4.78, 5) is -2.69. The van der Waals surface area contributed by atoms with E-state index in [0.717, 1.165) is 18.2 Å². The molecule has 9 heteroatoms. The first-order chi connectivity index (χ1) is 8.05. The highest BCUT2D eigenvalue weighted by atomic mass is 35.5. The van der Waals surface area contributed by atoms with Crippen molar-refractivity contribution in [3.8, 4) is 0 Å². The number of halogens is 4. The lowest BCUT2D eigenvalue weighted by molar-refractivity contribution is -0.0365. The first kappa shape index (κ1) is 13.6. The summed E-state index contributed by atoms with van der Waals surface area (Å²) in [5.74, 6) is -4.32. The fourth-order valence-electron chi connectivity index (χ4n) is 1.93. The van der Waals surface area contributed by atoms with Crippen LogP contribution in [0.5, 0.6) is 0 Å². The van der Waals surface area contributed by atoms with Crippen molar-refractivity contribution in [3.05, 3.63) is 35.1 Å². The van der Waals surface area contributed by atoms with Gasteiger partial charge >= 0.3 is 0 Å². The van der Waals surface area contributed by atoms with E-state index in [-0.39, 0.29) is 11.1 Å². The summed E-state index contributed by atoms with van der Waals surface area (Å²) in [6.07, 6.45) is -0.869. The lowest BCUT2D eigenvalue weighted by atomic mass is 10.1. The van der Waals surface area contributed by atoms with Crippen LogP contribution in [-0.2, 0) is 21.6 Å². The van der Waals surface area contributed by atoms with Gasteiger partial charge in [0.05, 0.1) is 0 Å². The standard InChI is InChI=1S/C9H8ClF3N2O2S/c10-9(15-18(14,16)17)7-2-1-6(11)3-5(7)4-8(9,12)13/h1-3,15H,4H2,(H2,14,16,17). The number of nitrogens with two attached hydrogens (primary N) is 1. The van der Waals surface area contributed by atoms with Crippen LogP contribution < -0.4 is 9.86 Å². The predicted octanol–water partition coefficient (Wildman–Crippen LogP) is 1.20. The van der Waals surface area contributed by atoms with Crippen molar-refractivity contribution >= 4 is 21.8 Å². The second-order valence-corrected chi connectivity index (χ2v) is 5.85. The van der Waals surface area contributed by atoms with Gasteiger partial charge in [-0.3, -0.25) is 0 Å². The fraction of sp³-hybridized carbons (Fsp3) is 0.333. The van der Waals surface area contributed by atoms with Crippen LogP contribution in [0.2, 0.25) is 0 Å². The van der Waals surface area contributed by atoms with Gasteiger partial charge in [0.15, 0.2) is 5.00 Å². The first-order valence-electron chi connectivity index (χ1n) is 4.72. The molecule has 1 aliphatic carbocycles. The summed E-state index contributed by atoms with van der Waals surface area (Å²) in [5.41, 5.74) is -0.268. The number of alkyl halides is 3. The zero-order valence-corrected chi connectivity index (χ0v) is 10.3. The smallest absolute Gasteiger partial charge is 0.216 e. The highest BCUT2D eigenvalue weighted by Gasteiger charge is 2.61. The number of rotatable bonds is 2. The molecule has 0 fully saturated rings. The fourth-order valence-corrected chi connectivity index (χ4v) is 3.15. The van der Waals surface area contributed by atoms with E-state index in [9.17, 15) is 21.6 Å². The van der Waals surface area contributed by atoms with Crippen molar-refractivity contribution in [3.63, 3.8) is 0 Å². The van der Waals surface area contributed by atoms with E-state index in [4.69, 9.17) is 11.6 Å². The SMILES string of the molecule is NS(=O)(=O)NC1(Cl)c2ccc(F)cc2CC1(F)F. The minimum atomic E-state index is -4.45. The Morgan fingerprint density at radius 3 is 2.56 bits per heavy atom. The molecule has 3 N–H and O–H groups in total. The maximum absolute atomic E-state index is 13.8. The molecule has 0 heterocycles. The molecule has 100 valence electrons. The zero-order valence-electron chi connectivity index (χ0n) is 8.75. The van der Waals surface area contributed by atoms with Crippen LogP contribution >= 0.6 is 11.6 Å². The molecule has 0 amide bonds. The number of hydrogen-bond donors (Lipinski definition) is 2. The highest BCUT2D eigenvalue weighted by molar-refractivity contribution is 7.87. The van der Waals surface area contributed by atoms with E-state index in [1.807, 2.05) is 0 Å². The predicted molar refractivity (Wildman–Crippen MR) is 58.8 cm³/mol. The topological polar surface area (TPSA) is 72.2 Å². The van der Waals surface area contributed by atoms with Crippen molar-refractivity contribution < 1.29 is 21.6 Å². The summed E-state index contributed by atoms with van der Waals surface area (Å²) >= 11 is 5.69. The van der Waals surface area contributed by atoms with Crippen molar-refractivity contribution in [1.82, 2.24) is 4.72 Å². The molecule has 0 spiro atoms. The molecule has 0 bridgehead atoms. The molecule has 0 aromatic heterocycles. The normalized spacial score (nSPS) is 26.1. The van der Waals surface area contributed by atoms with Gasteiger partial charge in [0.1, 0.15) is 5.82 Å². The number of nitrogens with one attached hydrogen (secondary N) is 1. The van der Waals surface area contributed by atoms with Gasteiger partial charge in [-0.05, 0) is 23.3 Å². The maximum Gasteiger partial charge on any atom is 0.288 e. The van der Waals surface area contributed by atoms with Crippen molar-refractivity contribution in [2.24, 2.45) is 5.14 Å². The number of fused-ring (bicyclic) bond motifs is 1. The average Bonchev–Trinajstić information content (AvgIpc) is 2.30. The van der Waals surface area contributed by atoms with E-state index in [1.54, 1.807) is 0 Å². The Hall–Kier alpha value is -0.830. The van der Waals surface area contributed by atoms with Crippen molar-refractivity contribution in [2.75, 3.05) is 0 Å². The molecule has 0 saturated heterocycles. The van der Waals surface area contributed by atoms with Crippen LogP contribution in [0.25, 0.3) is 0 Å². The highest BCUT2D eigenvalue weighted by Crippen LogP contribution is 2.50. The second-order valence-electron chi connectivity index (χ2n) is 3.99. The van der Waals surface area contributed by atoms with E-state index in [0.29, 0.717) is 0 Å². The Bertz CT molecular complexity index is 608. The van der Waals surface area contributed by atoms with Gasteiger partial charge in [0.25, 0.3) is 16.1 Å². The molecule has 18 heavy (non-hydrogen) atoms. The Morgan fingerprint density at radius 2 is 2.00 bits per heavy atom. The summed E-state index contributed by atoms with van der Waals surface area (Å²) < 4.78 is 63.9. The quantitative estimate of drug-likeness (QED) is 0.636. The monoisotopic (exact) mass is 300 g/mol. The summed E-state index contributed by atoms with van der Waals surface area (Å²) in [5, 5.41) is 4.68. The van der Waals surface area contributed by atoms with Crippen LogP contribution in [0.1, 0.15) is 11.1 Å². The molecule has 0 radical (unpaired) electrons. The summed E-state index contributed by atoms with van der Waals surface area (Å²) in [7, 11) is -4.45. The number of benzene rings is 1. The average molecular weight is 301 g/mol. The van der Waals surface area contributed by atoms with Crippen LogP contribution in [0, 0.1) is 5.82 Å². The third kappa shape index (κ3) is 2.09. The van der Waals surface area contributed by atoms with Crippen LogP contribution in [0.15, 0.2) is 18.2 Å². The molecular weight excluding hydrogens is 293 g/mol. The van der Waals surface area contributed by atoms with E-state index >= 15 is 0 Å². The van der Waals surface area contributed by atoms with Gasteiger partial charge in [0.2, 0.25) is 0 Å². The Balaban J connectivity index is 2.60. The molecule has 2 rings (SSSR count). The minimum absolute atomic E-state index is 0.0637. The van der Waals surface area contributed by atoms with Gasteiger partial charge in [-0.25, -0.2) is 18.3 Å². The molecule has 0 aliphatic heterocycles. The first-order valence-corrected chi connectivity index (χ1v) is 6.65. The third-order valence-electron chi connectivity index (χ3n) is 2.64. The van der Waals surface area contributed by atoms with E-state index in [1.165, 1.54) is 4.72 Å². The lowest BCUT2D eigenvalue weighted by Gasteiger charge is -2.29. The van der Waals surface area contributed by atoms with Crippen molar-refractivity contribution in [2.45, 2.75) is 17.3 Å². The van der Waals surface area contributed by atoms with Gasteiger partial charge in [-0.15, -0.1) is 0 Å². The maximum atomic E-state index is 13.8. The second kappa shape index (κ2) is 3.83. The Labute approximate surface area is 106 Å². The van der Waals surface area contributed by atoms with Crippen LogP contribution in [-0.4, -0.2) is 14.3 Å². The Morgan fingerprint density at radius 1 is 1.39 bits per heavy atom. The van der Waals surface area contributed by atoms with Gasteiger partial charge < -0.3 is 0 Å². The van der Waals surface area contributed by atoms with Gasteiger partial charge in [-0.1, -0.05) is 17.7 Å². The van der Waals surface area contributed by atoms with Gasteiger partial charge in [-0.2, -0.15) is 13.1 Å². The summed E-state index contributed by atoms with van der Waals surface area (Å²) in [6, 6.07) is 2.82. The molecule has 1 aromatic carbocycles. The third-order valence-corrected chi connectivity index (χ3v) is 3.92. The summed E-state index contributed by atoms with van der Waals surface area (Å²) in [6.45, 7) is 0. The zero-order chi connectivity index (χ0) is 13.8. The molecular formula is C9H8ClF3N2O2S. The number of hydrogen-bond acceptors (Lipinski definition) is 2. The molecule has 1 aliphatic rings. The molecule has 1 atom stereocenters. The van der Waals surface area contributed by atoms with Gasteiger partial charge in [0, 0.05) is 6.42 Å². The molecule has 1 unspecified atom stereocenters. The van der Waals surface area contributed by atoms with E-state index < -0.39 is 33.4 Å². The van der Waals surface area contributed by atoms with E-state index in [2.05, 4.69) is 5.14 Å². The minimum Gasteiger partial charge on any atom is -0.216 e. The largest absolute Gasteiger partial charge is 0.288 e. The molecule has 4 nitrogen and oxygen atoms in total. The van der Waals surface area contributed by atoms with Crippen LogP contribution in [0.3, 0.4) is 0 Å². The lowest BCUT2D eigenvalue weighted by Crippen LogP contribution is -2.53. The van der Waals surface area contributed by atoms with Crippen molar-refractivity contribution in [1.29, 1.82) is 0 Å². The molecule has 0 saturated carbocycles.